The second-order valence-corrected chi connectivity index (χ2v) is 11.9. The predicted octanol–water partition coefficient (Wildman–Crippen LogP) is 2.98. The lowest BCUT2D eigenvalue weighted by Crippen LogP contribution is -2.76. The molecule has 3 aromatic carbocycles. The van der Waals surface area contributed by atoms with Crippen LogP contribution in [-0.4, -0.2) is 66.1 Å². The molecule has 5 rings (SSSR count). The van der Waals surface area contributed by atoms with Crippen LogP contribution in [0.25, 0.3) is 0 Å². The number of piperidine rings is 1. The number of likely N-dealkylation sites (tertiary alicyclic amines) is 1. The van der Waals surface area contributed by atoms with Crippen LogP contribution in [0.2, 0.25) is 0 Å². The van der Waals surface area contributed by atoms with Crippen molar-refractivity contribution in [3.05, 3.63) is 124 Å². The first-order valence-electron chi connectivity index (χ1n) is 15.6. The van der Waals surface area contributed by atoms with Crippen molar-refractivity contribution < 1.29 is 32.5 Å². The Morgan fingerprint density at radius 2 is 1.73 bits per heavy atom. The van der Waals surface area contributed by atoms with E-state index in [1.165, 1.54) is 11.0 Å². The first kappa shape index (κ1) is 34.1. The van der Waals surface area contributed by atoms with Crippen LogP contribution in [0.5, 0.6) is 0 Å². The minimum absolute atomic E-state index is 0.177. The van der Waals surface area contributed by atoms with Gasteiger partial charge in [0.05, 0.1) is 23.6 Å². The Morgan fingerprint density at radius 1 is 1.00 bits per heavy atom. The molecule has 0 saturated carbocycles. The van der Waals surface area contributed by atoms with E-state index in [-0.39, 0.29) is 24.6 Å². The number of carbonyl (C=O) groups excluding carboxylic acids is 3. The number of para-hydroxylation sites is 1. The molecule has 0 spiro atoms. The number of hydrogen-bond donors (Lipinski definition) is 4. The molecule has 12 heteroatoms. The smallest absolute Gasteiger partial charge is 0.402 e. The van der Waals surface area contributed by atoms with Crippen molar-refractivity contribution in [3.63, 3.8) is 0 Å². The summed E-state index contributed by atoms with van der Waals surface area (Å²) in [4.78, 5) is 47.5. The van der Waals surface area contributed by atoms with E-state index in [2.05, 4.69) is 15.6 Å². The molecule has 1 saturated heterocycles. The highest BCUT2D eigenvalue weighted by Gasteiger charge is 2.50. The fourth-order valence-corrected chi connectivity index (χ4v) is 6.03. The van der Waals surface area contributed by atoms with E-state index < -0.39 is 35.5 Å². The molecular formula is C36H38F3N6O3+. The van der Waals surface area contributed by atoms with Crippen molar-refractivity contribution in [1.82, 2.24) is 20.4 Å². The number of alkyl halides is 3. The minimum atomic E-state index is -4.65. The summed E-state index contributed by atoms with van der Waals surface area (Å²) in [5, 5.41) is 5.70. The molecule has 3 amide bonds. The number of likely N-dealkylation sites (N-methyl/N-ethyl adjacent to an activating group) is 2. The monoisotopic (exact) mass is 659 g/mol. The quantitative estimate of drug-likeness (QED) is 0.297. The Bertz CT molecular complexity index is 1800. The van der Waals surface area contributed by atoms with Crippen molar-refractivity contribution in [2.75, 3.05) is 26.7 Å². The van der Waals surface area contributed by atoms with E-state index in [9.17, 15) is 27.6 Å². The van der Waals surface area contributed by atoms with Gasteiger partial charge in [0.1, 0.15) is 11.7 Å². The summed E-state index contributed by atoms with van der Waals surface area (Å²) in [5.74, 6) is -1.90. The van der Waals surface area contributed by atoms with Crippen molar-refractivity contribution in [1.29, 1.82) is 0 Å². The SMILES string of the molecule is CCN1C(=O)[C@@H](NC(=O)c2cccc(C(F)(F)F)c2)[C@H](c2cccc(CNC(=O)C3=CCN(C)C3)c2)/C(=C(\C)N)C1=[NH+]c1ccccc1. The summed E-state index contributed by atoms with van der Waals surface area (Å²) >= 11 is 0. The van der Waals surface area contributed by atoms with Crippen molar-refractivity contribution in [2.45, 2.75) is 38.5 Å². The molecule has 3 aromatic rings. The molecule has 0 unspecified atom stereocenters. The fraction of sp³-hybridized carbons (Fsp3) is 0.278. The molecule has 250 valence electrons. The minimum Gasteiger partial charge on any atom is -0.402 e. The number of nitrogens with one attached hydrogen (secondary N) is 3. The van der Waals surface area contributed by atoms with Crippen LogP contribution in [-0.2, 0) is 22.3 Å². The molecule has 2 aliphatic rings. The molecule has 5 N–H and O–H groups in total. The number of rotatable bonds is 8. The Kier molecular flexibility index (Phi) is 10.1. The van der Waals surface area contributed by atoms with Gasteiger partial charge in [-0.25, -0.2) is 9.79 Å². The van der Waals surface area contributed by atoms with Crippen molar-refractivity contribution in [2.24, 2.45) is 5.73 Å². The zero-order chi connectivity index (χ0) is 34.6. The zero-order valence-corrected chi connectivity index (χ0v) is 26.9. The number of amidine groups is 1. The van der Waals surface area contributed by atoms with E-state index in [1.54, 1.807) is 26.0 Å². The number of nitrogens with two attached hydrogens (primary N) is 1. The van der Waals surface area contributed by atoms with E-state index in [4.69, 9.17) is 5.73 Å². The number of amides is 3. The maximum absolute atomic E-state index is 14.3. The van der Waals surface area contributed by atoms with Gasteiger partial charge in [0.15, 0.2) is 0 Å². The molecule has 2 heterocycles. The van der Waals surface area contributed by atoms with Gasteiger partial charge in [-0.1, -0.05) is 54.6 Å². The van der Waals surface area contributed by atoms with Gasteiger partial charge in [-0.05, 0) is 62.4 Å². The lowest BCUT2D eigenvalue weighted by Gasteiger charge is -2.36. The highest BCUT2D eigenvalue weighted by Crippen LogP contribution is 2.36. The summed E-state index contributed by atoms with van der Waals surface area (Å²) < 4.78 is 40.5. The largest absolute Gasteiger partial charge is 0.416 e. The zero-order valence-electron chi connectivity index (χ0n) is 26.9. The second-order valence-electron chi connectivity index (χ2n) is 11.9. The first-order valence-corrected chi connectivity index (χ1v) is 15.6. The Labute approximate surface area is 277 Å². The van der Waals surface area contributed by atoms with E-state index in [1.807, 2.05) is 60.5 Å². The van der Waals surface area contributed by atoms with E-state index in [0.29, 0.717) is 47.0 Å². The number of allylic oxidation sites excluding steroid dienone is 1. The van der Waals surface area contributed by atoms with Crippen LogP contribution in [0.15, 0.2) is 102 Å². The third-order valence-electron chi connectivity index (χ3n) is 8.36. The number of halogens is 3. The van der Waals surface area contributed by atoms with Crippen molar-refractivity contribution in [3.8, 4) is 0 Å². The molecule has 0 radical (unpaired) electrons. The predicted molar refractivity (Wildman–Crippen MR) is 176 cm³/mol. The maximum Gasteiger partial charge on any atom is 0.416 e. The molecular weight excluding hydrogens is 621 g/mol. The average Bonchev–Trinajstić information content (AvgIpc) is 3.51. The second kappa shape index (κ2) is 14.3. The van der Waals surface area contributed by atoms with Crippen LogP contribution in [0.4, 0.5) is 18.9 Å². The number of hydrogen-bond acceptors (Lipinski definition) is 5. The van der Waals surface area contributed by atoms with Crippen LogP contribution >= 0.6 is 0 Å². The lowest BCUT2D eigenvalue weighted by atomic mass is 9.78. The maximum atomic E-state index is 14.3. The molecule has 9 nitrogen and oxygen atoms in total. The lowest BCUT2D eigenvalue weighted by molar-refractivity contribution is -0.360. The number of carbonyl (C=O) groups is 3. The highest BCUT2D eigenvalue weighted by atomic mass is 19.4. The van der Waals surface area contributed by atoms with Crippen LogP contribution in [0.1, 0.15) is 46.8 Å². The number of benzene rings is 3. The van der Waals surface area contributed by atoms with Gasteiger partial charge in [-0.3, -0.25) is 14.5 Å². The molecule has 2 aliphatic heterocycles. The summed E-state index contributed by atoms with van der Waals surface area (Å²) in [6, 6.07) is 19.3. The molecule has 2 atom stereocenters. The Morgan fingerprint density at radius 3 is 2.38 bits per heavy atom. The van der Waals surface area contributed by atoms with Crippen molar-refractivity contribution >= 4 is 29.2 Å². The molecule has 0 bridgehead atoms. The molecule has 1 fully saturated rings. The van der Waals surface area contributed by atoms with Crippen LogP contribution in [0.3, 0.4) is 0 Å². The third-order valence-corrected chi connectivity index (χ3v) is 8.36. The normalized spacial score (nSPS) is 20.5. The van der Waals surface area contributed by atoms with Gasteiger partial charge in [0.25, 0.3) is 11.7 Å². The highest BCUT2D eigenvalue weighted by molar-refractivity contribution is 6.13. The third kappa shape index (κ3) is 7.49. The van der Waals surface area contributed by atoms with Gasteiger partial charge < -0.3 is 16.4 Å². The summed E-state index contributed by atoms with van der Waals surface area (Å²) in [5.41, 5.74) is 9.00. The van der Waals surface area contributed by atoms with Crippen LogP contribution < -0.4 is 21.4 Å². The van der Waals surface area contributed by atoms with Gasteiger partial charge >= 0.3 is 12.1 Å². The van der Waals surface area contributed by atoms with Gasteiger partial charge in [0.2, 0.25) is 5.91 Å². The van der Waals surface area contributed by atoms with E-state index >= 15 is 0 Å². The summed E-state index contributed by atoms with van der Waals surface area (Å²) in [6.45, 7) is 5.14. The topological polar surface area (TPSA) is 122 Å². The summed E-state index contributed by atoms with van der Waals surface area (Å²) in [7, 11) is 1.93. The van der Waals surface area contributed by atoms with E-state index in [0.717, 1.165) is 23.8 Å². The summed E-state index contributed by atoms with van der Waals surface area (Å²) in [6.07, 6.45) is -2.77. The van der Waals surface area contributed by atoms with Crippen LogP contribution in [0, 0.1) is 0 Å². The van der Waals surface area contributed by atoms with Gasteiger partial charge in [-0.15, -0.1) is 0 Å². The average molecular weight is 660 g/mol. The fourth-order valence-electron chi connectivity index (χ4n) is 6.03. The Balaban J connectivity index is 1.57. The molecule has 0 aliphatic carbocycles. The Hall–Kier alpha value is -5.23. The van der Waals surface area contributed by atoms with Gasteiger partial charge in [-0.2, -0.15) is 18.1 Å². The first-order chi connectivity index (χ1) is 22.9. The number of nitrogens with zero attached hydrogens (tertiary/aromatic N) is 2. The molecule has 48 heavy (non-hydrogen) atoms. The van der Waals surface area contributed by atoms with Gasteiger partial charge in [0, 0.05) is 36.5 Å². The molecule has 0 aromatic heterocycles. The standard InChI is InChI=1S/C36H37F3N6O3/c1-4-45-32(42-28-14-6-5-7-15-28)29(22(2)40)30(24-11-8-10-23(18-24)20-41-33(46)26-16-17-44(3)21-26)31(35(45)48)43-34(47)25-12-9-13-27(19-25)36(37,38)39/h5-16,18-19,30-31H,4,17,20-21,40H2,1-3H3,(H,41,46)(H,43,47)/p+1/b29-22-,42-32?/t30-,31+/m1/s1.